The van der Waals surface area contributed by atoms with Crippen molar-refractivity contribution in [2.45, 2.75) is 26.2 Å². The van der Waals surface area contributed by atoms with Crippen LogP contribution in [0.15, 0.2) is 54.6 Å². The number of benzene rings is 1. The van der Waals surface area contributed by atoms with E-state index in [-0.39, 0.29) is 29.2 Å². The van der Waals surface area contributed by atoms with Crippen LogP contribution in [0.1, 0.15) is 46.0 Å². The molecule has 0 saturated heterocycles. The number of halogens is 6. The fourth-order valence-electron chi connectivity index (χ4n) is 2.73. The van der Waals surface area contributed by atoms with Crippen molar-refractivity contribution in [2.75, 3.05) is 12.3 Å². The number of nitrogens with zero attached hydrogens (tertiary/aromatic N) is 2. The molecule has 0 radical (unpaired) electrons. The Hall–Kier alpha value is -3.96. The number of carbonyl (C=O) groups excluding carboxylic acids is 2. The molecular weight excluding hydrogens is 480 g/mol. The second kappa shape index (κ2) is 11.0. The minimum atomic E-state index is -4.58. The molecule has 2 aromatic heterocycles. The molecule has 1 aromatic carbocycles. The molecule has 0 bridgehead atoms. The van der Waals surface area contributed by atoms with Gasteiger partial charge >= 0.3 is 18.3 Å². The van der Waals surface area contributed by atoms with Crippen LogP contribution in [0, 0.1) is 0 Å². The predicted molar refractivity (Wildman–Crippen MR) is 114 cm³/mol. The van der Waals surface area contributed by atoms with E-state index in [2.05, 4.69) is 14.7 Å². The second-order valence-corrected chi connectivity index (χ2v) is 6.86. The monoisotopic (exact) mass is 499 g/mol. The normalized spacial score (nSPS) is 11.3. The number of rotatable bonds is 4. The molecule has 0 aliphatic heterocycles. The molecule has 0 saturated carbocycles. The van der Waals surface area contributed by atoms with Crippen molar-refractivity contribution in [3.8, 4) is 11.3 Å². The molecule has 186 valence electrons. The zero-order chi connectivity index (χ0) is 26.4. The molecule has 0 atom stereocenters. The zero-order valence-electron chi connectivity index (χ0n) is 18.4. The molecular formula is C23H19F6N3O3. The van der Waals surface area contributed by atoms with Crippen molar-refractivity contribution >= 4 is 17.6 Å². The van der Waals surface area contributed by atoms with Crippen LogP contribution in [0.3, 0.4) is 0 Å². The number of pyridine rings is 2. The molecule has 0 unspecified atom stereocenters. The summed E-state index contributed by atoms with van der Waals surface area (Å²) in [5.74, 6) is -1.60. The average molecular weight is 499 g/mol. The van der Waals surface area contributed by atoms with E-state index in [9.17, 15) is 35.9 Å². The van der Waals surface area contributed by atoms with Crippen LogP contribution in [0.5, 0.6) is 0 Å². The standard InChI is InChI=1S/C14H10F3NO.C9H9F3N2O2/c1-9(19)11-7-8-12(14(15,16)17)18-13(11)10-5-3-2-4-6-10;1-2-16-8(15)5-3-4-6(9(10,11)12)14-7(5)13/h2-8H,1H3;3-4H,2H2,1H3,(H2,13,14). The maximum atomic E-state index is 12.7. The molecule has 0 spiro atoms. The molecule has 0 fully saturated rings. The number of nitrogen functional groups attached to an aromatic ring is 1. The van der Waals surface area contributed by atoms with Gasteiger partial charge in [-0.2, -0.15) is 26.3 Å². The van der Waals surface area contributed by atoms with Gasteiger partial charge in [0.15, 0.2) is 5.78 Å². The lowest BCUT2D eigenvalue weighted by atomic mass is 10.0. The smallest absolute Gasteiger partial charge is 0.433 e. The summed E-state index contributed by atoms with van der Waals surface area (Å²) in [6.45, 7) is 2.99. The van der Waals surface area contributed by atoms with Crippen LogP contribution in [0.2, 0.25) is 0 Å². The Bertz CT molecular complexity index is 1200. The number of Topliss-reactive ketones (excluding diaryl/α,β-unsaturated/α-hetero) is 1. The summed E-state index contributed by atoms with van der Waals surface area (Å²) in [5.41, 5.74) is 3.64. The number of nitrogens with two attached hydrogens (primary N) is 1. The number of esters is 1. The van der Waals surface area contributed by atoms with Crippen LogP contribution in [-0.4, -0.2) is 28.3 Å². The topological polar surface area (TPSA) is 95.2 Å². The van der Waals surface area contributed by atoms with Crippen molar-refractivity contribution in [1.82, 2.24) is 9.97 Å². The lowest BCUT2D eigenvalue weighted by Gasteiger charge is -2.11. The third-order valence-electron chi connectivity index (χ3n) is 4.32. The van der Waals surface area contributed by atoms with Crippen molar-refractivity contribution in [1.29, 1.82) is 0 Å². The molecule has 6 nitrogen and oxygen atoms in total. The van der Waals surface area contributed by atoms with Crippen LogP contribution in [0.25, 0.3) is 11.3 Å². The Labute approximate surface area is 195 Å². The van der Waals surface area contributed by atoms with Crippen molar-refractivity contribution in [3.63, 3.8) is 0 Å². The molecule has 0 aliphatic carbocycles. The van der Waals surface area contributed by atoms with E-state index in [1.54, 1.807) is 37.3 Å². The van der Waals surface area contributed by atoms with E-state index >= 15 is 0 Å². The summed E-state index contributed by atoms with van der Waals surface area (Å²) in [7, 11) is 0. The summed E-state index contributed by atoms with van der Waals surface area (Å²) in [6.07, 6.45) is -9.11. The van der Waals surface area contributed by atoms with Gasteiger partial charge < -0.3 is 10.5 Å². The fourth-order valence-corrected chi connectivity index (χ4v) is 2.73. The summed E-state index contributed by atoms with van der Waals surface area (Å²) < 4.78 is 79.2. The third-order valence-corrected chi connectivity index (χ3v) is 4.32. The lowest BCUT2D eigenvalue weighted by molar-refractivity contribution is -0.141. The van der Waals surface area contributed by atoms with Gasteiger partial charge in [-0.05, 0) is 38.1 Å². The number of carbonyl (C=O) groups is 2. The van der Waals surface area contributed by atoms with Gasteiger partial charge in [-0.25, -0.2) is 14.8 Å². The van der Waals surface area contributed by atoms with Gasteiger partial charge in [0.25, 0.3) is 0 Å². The van der Waals surface area contributed by atoms with E-state index < -0.39 is 35.5 Å². The van der Waals surface area contributed by atoms with Crippen molar-refractivity contribution in [3.05, 3.63) is 77.1 Å². The Morgan fingerprint density at radius 3 is 1.80 bits per heavy atom. The highest BCUT2D eigenvalue weighted by atomic mass is 19.4. The lowest BCUT2D eigenvalue weighted by Crippen LogP contribution is -2.14. The van der Waals surface area contributed by atoms with Gasteiger partial charge in [-0.15, -0.1) is 0 Å². The number of ketones is 1. The second-order valence-electron chi connectivity index (χ2n) is 6.86. The molecule has 0 aliphatic rings. The molecule has 3 aromatic rings. The maximum absolute atomic E-state index is 12.7. The first-order chi connectivity index (χ1) is 16.3. The molecule has 0 amide bonds. The van der Waals surface area contributed by atoms with E-state index in [1.165, 1.54) is 13.0 Å². The van der Waals surface area contributed by atoms with Gasteiger partial charge in [0.2, 0.25) is 0 Å². The number of alkyl halides is 6. The Morgan fingerprint density at radius 2 is 1.34 bits per heavy atom. The first kappa shape index (κ1) is 27.3. The minimum Gasteiger partial charge on any atom is -0.462 e. The van der Waals surface area contributed by atoms with Gasteiger partial charge in [-0.3, -0.25) is 4.79 Å². The highest BCUT2D eigenvalue weighted by Crippen LogP contribution is 2.31. The van der Waals surface area contributed by atoms with Crippen molar-refractivity contribution < 1.29 is 40.7 Å². The summed E-state index contributed by atoms with van der Waals surface area (Å²) in [6, 6.07) is 12.0. The molecule has 12 heteroatoms. The number of hydrogen-bond donors (Lipinski definition) is 1. The Balaban J connectivity index is 0.000000251. The number of anilines is 1. The van der Waals surface area contributed by atoms with Crippen LogP contribution in [-0.2, 0) is 17.1 Å². The molecule has 3 rings (SSSR count). The number of ether oxygens (including phenoxy) is 1. The third kappa shape index (κ3) is 7.26. The Morgan fingerprint density at radius 1 is 0.829 bits per heavy atom. The van der Waals surface area contributed by atoms with Gasteiger partial charge in [0.05, 0.1) is 12.3 Å². The number of hydrogen-bond acceptors (Lipinski definition) is 6. The van der Waals surface area contributed by atoms with E-state index in [1.807, 2.05) is 0 Å². The maximum Gasteiger partial charge on any atom is 0.433 e. The van der Waals surface area contributed by atoms with E-state index in [4.69, 9.17) is 5.73 Å². The van der Waals surface area contributed by atoms with E-state index in [0.717, 1.165) is 12.1 Å². The highest BCUT2D eigenvalue weighted by Gasteiger charge is 2.34. The largest absolute Gasteiger partial charge is 0.462 e. The Kier molecular flexibility index (Phi) is 8.56. The van der Waals surface area contributed by atoms with Gasteiger partial charge in [-0.1, -0.05) is 30.3 Å². The SMILES string of the molecule is CC(=O)c1ccc(C(F)(F)F)nc1-c1ccccc1.CCOC(=O)c1ccc(C(F)(F)F)nc1N. The quantitative estimate of drug-likeness (QED) is 0.276. The number of aromatic nitrogens is 2. The van der Waals surface area contributed by atoms with Crippen molar-refractivity contribution in [2.24, 2.45) is 0 Å². The zero-order valence-corrected chi connectivity index (χ0v) is 18.4. The molecule has 2 N–H and O–H groups in total. The summed E-state index contributed by atoms with van der Waals surface area (Å²) in [4.78, 5) is 29.4. The minimum absolute atomic E-state index is 0.0583. The van der Waals surface area contributed by atoms with E-state index in [0.29, 0.717) is 11.6 Å². The van der Waals surface area contributed by atoms with Crippen LogP contribution >= 0.6 is 0 Å². The average Bonchev–Trinajstić information content (AvgIpc) is 2.78. The van der Waals surface area contributed by atoms with Crippen LogP contribution < -0.4 is 5.73 Å². The van der Waals surface area contributed by atoms with Gasteiger partial charge in [0, 0.05) is 11.1 Å². The van der Waals surface area contributed by atoms with Crippen LogP contribution in [0.4, 0.5) is 32.2 Å². The summed E-state index contributed by atoms with van der Waals surface area (Å²) in [5, 5.41) is 0. The first-order valence-corrected chi connectivity index (χ1v) is 9.91. The summed E-state index contributed by atoms with van der Waals surface area (Å²) >= 11 is 0. The fraction of sp³-hybridized carbons (Fsp3) is 0.217. The van der Waals surface area contributed by atoms with Gasteiger partial charge in [0.1, 0.15) is 22.8 Å². The molecule has 2 heterocycles. The predicted octanol–water partition coefficient (Wildman–Crippen LogP) is 5.83. The molecule has 35 heavy (non-hydrogen) atoms. The highest BCUT2D eigenvalue weighted by molar-refractivity contribution is 5.99. The first-order valence-electron chi connectivity index (χ1n) is 9.91.